The Morgan fingerprint density at radius 2 is 1.71 bits per heavy atom. The summed E-state index contributed by atoms with van der Waals surface area (Å²) >= 11 is 0. The molecule has 0 N–H and O–H groups in total. The second-order valence-corrected chi connectivity index (χ2v) is 8.15. The third-order valence-corrected chi connectivity index (χ3v) is 4.48. The van der Waals surface area contributed by atoms with Gasteiger partial charge in [0.2, 0.25) is 0 Å². The predicted molar refractivity (Wildman–Crippen MR) is 69.6 cm³/mol. The summed E-state index contributed by atoms with van der Waals surface area (Å²) in [5, 5.41) is 0. The van der Waals surface area contributed by atoms with Gasteiger partial charge in [0.15, 0.2) is 0 Å². The monoisotopic (exact) mass is 234 g/mol. The van der Waals surface area contributed by atoms with Crippen LogP contribution >= 0.6 is 19.9 Å². The minimum absolute atomic E-state index is 0. The first-order chi connectivity index (χ1) is 6.14. The fourth-order valence-corrected chi connectivity index (χ4v) is 3.54. The van der Waals surface area contributed by atoms with Crippen LogP contribution in [-0.4, -0.2) is 19.5 Å². The molecule has 0 fully saturated rings. The molecule has 0 aromatic heterocycles. The minimum Gasteiger partial charge on any atom is -0.147 e. The summed E-state index contributed by atoms with van der Waals surface area (Å²) in [7, 11) is -1.44. The van der Waals surface area contributed by atoms with E-state index in [0.29, 0.717) is 0 Å². The Labute approximate surface area is 93.7 Å². The van der Waals surface area contributed by atoms with E-state index in [9.17, 15) is 0 Å². The zero-order valence-electron chi connectivity index (χ0n) is 9.12. The topological polar surface area (TPSA) is 9.23 Å². The molecule has 1 aromatic rings. The van der Waals surface area contributed by atoms with Crippen LogP contribution in [0, 0.1) is 0 Å². The predicted octanol–water partition coefficient (Wildman–Crippen LogP) is 3.82. The summed E-state index contributed by atoms with van der Waals surface area (Å²) in [5.74, 6) is 1.02. The zero-order valence-corrected chi connectivity index (χ0v) is 10.9. The third kappa shape index (κ3) is 4.83. The standard InChI is InChI=1S/C11H19OP.ClH/c1-4-10-13(2,3)12-11-8-6-5-7-9-11;/h5-9,13H,4,10H2,1-3H3;1H. The first-order valence-electron chi connectivity index (χ1n) is 4.88. The van der Waals surface area contributed by atoms with Crippen LogP contribution in [0.1, 0.15) is 13.3 Å². The van der Waals surface area contributed by atoms with Crippen molar-refractivity contribution in [1.82, 2.24) is 0 Å². The van der Waals surface area contributed by atoms with Crippen molar-refractivity contribution in [1.29, 1.82) is 0 Å². The molecule has 0 aliphatic rings. The molecule has 14 heavy (non-hydrogen) atoms. The molecule has 0 atom stereocenters. The molecular formula is C11H20ClOP. The fourth-order valence-electron chi connectivity index (χ4n) is 1.46. The summed E-state index contributed by atoms with van der Waals surface area (Å²) in [4.78, 5) is 0. The van der Waals surface area contributed by atoms with Gasteiger partial charge in [-0.3, -0.25) is 0 Å². The van der Waals surface area contributed by atoms with Crippen molar-refractivity contribution in [3.05, 3.63) is 30.3 Å². The van der Waals surface area contributed by atoms with Crippen LogP contribution in [0.3, 0.4) is 0 Å². The van der Waals surface area contributed by atoms with Gasteiger partial charge in [0.05, 0.1) is 0 Å². The van der Waals surface area contributed by atoms with Crippen LogP contribution in [0.5, 0.6) is 5.75 Å². The molecule has 1 aromatic carbocycles. The quantitative estimate of drug-likeness (QED) is 0.720. The maximum Gasteiger partial charge on any atom is -0.147 e. The van der Waals surface area contributed by atoms with E-state index in [1.54, 1.807) is 0 Å². The summed E-state index contributed by atoms with van der Waals surface area (Å²) in [5.41, 5.74) is 0. The molecule has 0 saturated heterocycles. The van der Waals surface area contributed by atoms with Gasteiger partial charge in [-0.15, -0.1) is 12.4 Å². The van der Waals surface area contributed by atoms with Crippen molar-refractivity contribution in [3.8, 4) is 5.75 Å². The molecule has 0 spiro atoms. The molecule has 0 aliphatic carbocycles. The Kier molecular flexibility index (Phi) is 6.15. The minimum atomic E-state index is -1.44. The number of hydrogen-bond acceptors (Lipinski definition) is 1. The zero-order chi connectivity index (χ0) is 9.73. The van der Waals surface area contributed by atoms with Gasteiger partial charge in [-0.1, -0.05) is 0 Å². The molecule has 0 bridgehead atoms. The van der Waals surface area contributed by atoms with Gasteiger partial charge in [-0.2, -0.15) is 0 Å². The van der Waals surface area contributed by atoms with E-state index in [2.05, 4.69) is 20.3 Å². The van der Waals surface area contributed by atoms with E-state index in [1.165, 1.54) is 12.6 Å². The van der Waals surface area contributed by atoms with E-state index in [-0.39, 0.29) is 12.4 Å². The van der Waals surface area contributed by atoms with Crippen LogP contribution in [-0.2, 0) is 0 Å². The first-order valence-corrected chi connectivity index (χ1v) is 7.99. The molecule has 82 valence electrons. The van der Waals surface area contributed by atoms with Gasteiger partial charge in [0, 0.05) is 0 Å². The average Bonchev–Trinajstić information content (AvgIpc) is 2.04. The van der Waals surface area contributed by atoms with Crippen LogP contribution in [0.4, 0.5) is 0 Å². The van der Waals surface area contributed by atoms with E-state index in [1.807, 2.05) is 30.3 Å². The number of para-hydroxylation sites is 1. The maximum absolute atomic E-state index is 5.98. The number of hydrogen-bond donors (Lipinski definition) is 0. The van der Waals surface area contributed by atoms with Crippen LogP contribution in [0.15, 0.2) is 30.3 Å². The molecule has 1 rings (SSSR count). The Hall–Kier alpha value is -0.260. The Bertz CT molecular complexity index is 249. The van der Waals surface area contributed by atoms with Gasteiger partial charge in [0.1, 0.15) is 0 Å². The summed E-state index contributed by atoms with van der Waals surface area (Å²) in [6, 6.07) is 10.1. The van der Waals surface area contributed by atoms with Crippen molar-refractivity contribution < 1.29 is 4.52 Å². The number of halogens is 1. The molecule has 3 heteroatoms. The fraction of sp³-hybridized carbons (Fsp3) is 0.455. The van der Waals surface area contributed by atoms with Crippen molar-refractivity contribution in [2.45, 2.75) is 13.3 Å². The summed E-state index contributed by atoms with van der Waals surface area (Å²) < 4.78 is 5.98. The van der Waals surface area contributed by atoms with E-state index in [4.69, 9.17) is 4.52 Å². The second-order valence-electron chi connectivity index (χ2n) is 3.92. The Morgan fingerprint density at radius 1 is 1.14 bits per heavy atom. The van der Waals surface area contributed by atoms with Crippen molar-refractivity contribution in [3.63, 3.8) is 0 Å². The Balaban J connectivity index is 0.00000169. The normalized spacial score (nSPS) is 11.6. The van der Waals surface area contributed by atoms with Gasteiger partial charge < -0.3 is 0 Å². The number of rotatable bonds is 4. The van der Waals surface area contributed by atoms with Crippen molar-refractivity contribution in [2.75, 3.05) is 19.5 Å². The van der Waals surface area contributed by atoms with Gasteiger partial charge in [-0.25, -0.2) is 0 Å². The summed E-state index contributed by atoms with van der Waals surface area (Å²) in [6.45, 7) is 6.75. The third-order valence-electron chi connectivity index (χ3n) is 1.99. The van der Waals surface area contributed by atoms with Crippen LogP contribution in [0.2, 0.25) is 0 Å². The van der Waals surface area contributed by atoms with Crippen LogP contribution < -0.4 is 4.52 Å². The van der Waals surface area contributed by atoms with E-state index >= 15 is 0 Å². The van der Waals surface area contributed by atoms with Gasteiger partial charge in [-0.05, 0) is 0 Å². The second kappa shape index (κ2) is 6.27. The van der Waals surface area contributed by atoms with Crippen molar-refractivity contribution in [2.24, 2.45) is 0 Å². The van der Waals surface area contributed by atoms with Gasteiger partial charge in [0.25, 0.3) is 0 Å². The van der Waals surface area contributed by atoms with E-state index < -0.39 is 7.49 Å². The Morgan fingerprint density at radius 3 is 2.21 bits per heavy atom. The molecule has 0 radical (unpaired) electrons. The smallest absolute Gasteiger partial charge is 0.147 e. The number of benzene rings is 1. The maximum atomic E-state index is 5.98. The largest absolute Gasteiger partial charge is 0.147 e. The van der Waals surface area contributed by atoms with Gasteiger partial charge >= 0.3 is 80.9 Å². The van der Waals surface area contributed by atoms with Crippen molar-refractivity contribution >= 4 is 19.9 Å². The molecule has 0 heterocycles. The molecule has 0 aliphatic heterocycles. The molecule has 0 amide bonds. The average molecular weight is 235 g/mol. The first kappa shape index (κ1) is 13.7. The SMILES string of the molecule is CCC[PH](C)(C)Oc1ccccc1.Cl. The van der Waals surface area contributed by atoms with E-state index in [0.717, 1.165) is 5.75 Å². The molecule has 0 saturated carbocycles. The summed E-state index contributed by atoms with van der Waals surface area (Å²) in [6.07, 6.45) is 2.44. The van der Waals surface area contributed by atoms with Crippen LogP contribution in [0.25, 0.3) is 0 Å². The molecule has 1 nitrogen and oxygen atoms in total. The molecular weight excluding hydrogens is 215 g/mol. The molecule has 0 unspecified atom stereocenters.